The lowest BCUT2D eigenvalue weighted by molar-refractivity contribution is -0.274. The average molecular weight is 434 g/mol. The summed E-state index contributed by atoms with van der Waals surface area (Å²) in [6, 6.07) is 8.89. The van der Waals surface area contributed by atoms with Crippen LogP contribution in [-0.2, 0) is 0 Å². The zero-order chi connectivity index (χ0) is 20.9. The summed E-state index contributed by atoms with van der Waals surface area (Å²) in [5.74, 6) is -0.291. The Bertz CT molecular complexity index is 826. The average Bonchev–Trinajstić information content (AvgIpc) is 2.63. The van der Waals surface area contributed by atoms with E-state index in [1.807, 2.05) is 30.7 Å². The zero-order valence-corrected chi connectivity index (χ0v) is 17.1. The van der Waals surface area contributed by atoms with Crippen molar-refractivity contribution in [2.24, 2.45) is 4.99 Å². The SMILES string of the molecule is CCN(C)/C=N\c1cc(Cl)c(N(CC)c2ccc(OC(F)(F)F)cc2)cc1Cl. The molecule has 0 N–H and O–H groups in total. The van der Waals surface area contributed by atoms with Crippen molar-refractivity contribution < 1.29 is 17.9 Å². The third-order valence-electron chi connectivity index (χ3n) is 3.90. The zero-order valence-electron chi connectivity index (χ0n) is 15.6. The first-order valence-electron chi connectivity index (χ1n) is 8.51. The summed E-state index contributed by atoms with van der Waals surface area (Å²) < 4.78 is 40.9. The van der Waals surface area contributed by atoms with E-state index in [0.29, 0.717) is 33.7 Å². The minimum atomic E-state index is -4.73. The molecule has 0 saturated heterocycles. The number of nitrogens with zero attached hydrogens (tertiary/aromatic N) is 3. The molecule has 152 valence electrons. The van der Waals surface area contributed by atoms with Crippen LogP contribution in [0.5, 0.6) is 5.75 Å². The topological polar surface area (TPSA) is 28.1 Å². The number of ether oxygens (including phenoxy) is 1. The van der Waals surface area contributed by atoms with Gasteiger partial charge in [-0.2, -0.15) is 0 Å². The minimum absolute atomic E-state index is 0.291. The van der Waals surface area contributed by atoms with Crippen molar-refractivity contribution in [3.05, 3.63) is 46.4 Å². The molecule has 0 aliphatic carbocycles. The Labute approximate surface area is 172 Å². The van der Waals surface area contributed by atoms with Gasteiger partial charge in [-0.1, -0.05) is 23.2 Å². The van der Waals surface area contributed by atoms with Crippen molar-refractivity contribution in [1.82, 2.24) is 4.90 Å². The molecule has 0 bridgehead atoms. The molecule has 9 heteroatoms. The van der Waals surface area contributed by atoms with Gasteiger partial charge < -0.3 is 14.5 Å². The lowest BCUT2D eigenvalue weighted by Crippen LogP contribution is -2.18. The van der Waals surface area contributed by atoms with Gasteiger partial charge in [-0.05, 0) is 50.2 Å². The van der Waals surface area contributed by atoms with E-state index in [9.17, 15) is 13.2 Å². The van der Waals surface area contributed by atoms with E-state index in [0.717, 1.165) is 6.54 Å². The Hall–Kier alpha value is -2.12. The second-order valence-electron chi connectivity index (χ2n) is 5.86. The Morgan fingerprint density at radius 2 is 1.68 bits per heavy atom. The molecule has 0 atom stereocenters. The van der Waals surface area contributed by atoms with E-state index in [1.165, 1.54) is 24.3 Å². The minimum Gasteiger partial charge on any atom is -0.406 e. The van der Waals surface area contributed by atoms with E-state index in [-0.39, 0.29) is 5.75 Å². The smallest absolute Gasteiger partial charge is 0.406 e. The summed E-state index contributed by atoms with van der Waals surface area (Å²) in [4.78, 5) is 8.05. The van der Waals surface area contributed by atoms with Crippen LogP contribution in [0.15, 0.2) is 41.4 Å². The molecule has 0 amide bonds. The van der Waals surface area contributed by atoms with E-state index in [1.54, 1.807) is 18.5 Å². The molecule has 0 saturated carbocycles. The van der Waals surface area contributed by atoms with Crippen molar-refractivity contribution in [2.45, 2.75) is 20.2 Å². The molecule has 0 radical (unpaired) electrons. The van der Waals surface area contributed by atoms with Crippen molar-refractivity contribution in [2.75, 3.05) is 25.0 Å². The fraction of sp³-hybridized carbons (Fsp3) is 0.316. The summed E-state index contributed by atoms with van der Waals surface area (Å²) in [6.45, 7) is 5.21. The van der Waals surface area contributed by atoms with Gasteiger partial charge in [0.15, 0.2) is 0 Å². The maximum Gasteiger partial charge on any atom is 0.573 e. The largest absolute Gasteiger partial charge is 0.573 e. The van der Waals surface area contributed by atoms with E-state index in [2.05, 4.69) is 9.73 Å². The number of anilines is 2. The van der Waals surface area contributed by atoms with Gasteiger partial charge >= 0.3 is 6.36 Å². The molecule has 0 aliphatic rings. The molecule has 0 unspecified atom stereocenters. The first-order chi connectivity index (χ1) is 13.1. The molecule has 2 aromatic rings. The van der Waals surface area contributed by atoms with E-state index < -0.39 is 6.36 Å². The van der Waals surface area contributed by atoms with Crippen LogP contribution in [0.1, 0.15) is 13.8 Å². The molecule has 2 rings (SSSR count). The molecule has 4 nitrogen and oxygen atoms in total. The van der Waals surface area contributed by atoms with Crippen LogP contribution in [0.25, 0.3) is 0 Å². The third-order valence-corrected chi connectivity index (χ3v) is 4.50. The van der Waals surface area contributed by atoms with Crippen molar-refractivity contribution in [1.29, 1.82) is 0 Å². The number of benzene rings is 2. The van der Waals surface area contributed by atoms with Gasteiger partial charge in [0, 0.05) is 25.8 Å². The van der Waals surface area contributed by atoms with E-state index >= 15 is 0 Å². The Morgan fingerprint density at radius 3 is 2.21 bits per heavy atom. The van der Waals surface area contributed by atoms with Gasteiger partial charge in [-0.25, -0.2) is 4.99 Å². The van der Waals surface area contributed by atoms with Crippen LogP contribution in [0.4, 0.5) is 30.2 Å². The summed E-state index contributed by atoms with van der Waals surface area (Å²) in [5, 5.41) is 0.837. The molecular weight excluding hydrogens is 414 g/mol. The van der Waals surface area contributed by atoms with Gasteiger partial charge in [0.25, 0.3) is 0 Å². The molecule has 0 spiro atoms. The van der Waals surface area contributed by atoms with Crippen molar-refractivity contribution >= 4 is 46.6 Å². The highest BCUT2D eigenvalue weighted by Crippen LogP contribution is 2.39. The number of alkyl halides is 3. The second kappa shape index (κ2) is 9.39. The highest BCUT2D eigenvalue weighted by Gasteiger charge is 2.31. The van der Waals surface area contributed by atoms with Crippen LogP contribution >= 0.6 is 23.2 Å². The predicted octanol–water partition coefficient (Wildman–Crippen LogP) is 6.66. The fourth-order valence-electron chi connectivity index (χ4n) is 2.39. The maximum atomic E-state index is 12.3. The standard InChI is InChI=1S/C19H20Cl2F3N3O/c1-4-26(3)12-25-17-10-16(21)18(11-15(17)20)27(5-2)13-6-8-14(9-7-13)28-19(22,23)24/h6-12H,4-5H2,1-3H3/b25-12-. The molecular formula is C19H20Cl2F3N3O. The molecule has 0 heterocycles. The number of halogens is 5. The van der Waals surface area contributed by atoms with Gasteiger partial charge in [0.2, 0.25) is 0 Å². The van der Waals surface area contributed by atoms with Crippen LogP contribution < -0.4 is 9.64 Å². The highest BCUT2D eigenvalue weighted by atomic mass is 35.5. The second-order valence-corrected chi connectivity index (χ2v) is 6.67. The van der Waals surface area contributed by atoms with Gasteiger partial charge in [0.05, 0.1) is 27.8 Å². The fourth-order valence-corrected chi connectivity index (χ4v) is 2.86. The van der Waals surface area contributed by atoms with Gasteiger partial charge in [-0.15, -0.1) is 13.2 Å². The summed E-state index contributed by atoms with van der Waals surface area (Å²) in [5.41, 5.74) is 1.80. The Kier molecular flexibility index (Phi) is 7.43. The molecule has 2 aromatic carbocycles. The third kappa shape index (κ3) is 5.94. The van der Waals surface area contributed by atoms with E-state index in [4.69, 9.17) is 23.2 Å². The normalized spacial score (nSPS) is 11.7. The first-order valence-corrected chi connectivity index (χ1v) is 9.27. The highest BCUT2D eigenvalue weighted by molar-refractivity contribution is 6.37. The van der Waals surface area contributed by atoms with Crippen LogP contribution in [0, 0.1) is 0 Å². The number of aliphatic imine (C=N–C) groups is 1. The van der Waals surface area contributed by atoms with Gasteiger partial charge in [0.1, 0.15) is 5.75 Å². The van der Waals surface area contributed by atoms with Crippen LogP contribution in [0.3, 0.4) is 0 Å². The summed E-state index contributed by atoms with van der Waals surface area (Å²) in [6.07, 6.45) is -3.07. The Balaban J connectivity index is 2.31. The lowest BCUT2D eigenvalue weighted by atomic mass is 10.2. The summed E-state index contributed by atoms with van der Waals surface area (Å²) in [7, 11) is 1.89. The number of hydrogen-bond donors (Lipinski definition) is 0. The first kappa shape index (κ1) is 22.2. The van der Waals surface area contributed by atoms with Crippen molar-refractivity contribution in [3.8, 4) is 5.75 Å². The van der Waals surface area contributed by atoms with Crippen molar-refractivity contribution in [3.63, 3.8) is 0 Å². The van der Waals surface area contributed by atoms with Gasteiger partial charge in [-0.3, -0.25) is 0 Å². The maximum absolute atomic E-state index is 12.3. The molecule has 0 fully saturated rings. The monoisotopic (exact) mass is 433 g/mol. The molecule has 28 heavy (non-hydrogen) atoms. The van der Waals surface area contributed by atoms with Crippen LogP contribution in [-0.4, -0.2) is 37.7 Å². The number of hydrogen-bond acceptors (Lipinski definition) is 3. The molecule has 0 aromatic heterocycles. The summed E-state index contributed by atoms with van der Waals surface area (Å²) >= 11 is 12.8. The molecule has 0 aliphatic heterocycles. The lowest BCUT2D eigenvalue weighted by Gasteiger charge is -2.25. The number of rotatable bonds is 7. The quantitative estimate of drug-likeness (QED) is 0.360. The predicted molar refractivity (Wildman–Crippen MR) is 109 cm³/mol. The van der Waals surface area contributed by atoms with Crippen LogP contribution in [0.2, 0.25) is 10.0 Å². The Morgan fingerprint density at radius 1 is 1.04 bits per heavy atom.